The van der Waals surface area contributed by atoms with E-state index in [0.29, 0.717) is 66.5 Å². The van der Waals surface area contributed by atoms with Crippen LogP contribution in [-0.4, -0.2) is 71.1 Å². The van der Waals surface area contributed by atoms with Gasteiger partial charge in [-0.05, 0) is 179 Å². The van der Waals surface area contributed by atoms with Crippen LogP contribution in [0.5, 0.6) is 34.5 Å². The first-order valence-corrected chi connectivity index (χ1v) is 27.8. The monoisotopic (exact) mass is 1160 g/mol. The van der Waals surface area contributed by atoms with Gasteiger partial charge in [0.05, 0.1) is 53.8 Å². The molecule has 0 heterocycles. The van der Waals surface area contributed by atoms with Gasteiger partial charge < -0.3 is 28.4 Å². The molecule has 19 heteroatoms. The van der Waals surface area contributed by atoms with E-state index in [1.165, 1.54) is 0 Å². The molecular formula is C65H66ClN3O15. The Morgan fingerprint density at radius 3 is 1.06 bits per heavy atom. The number of benzene rings is 7. The highest BCUT2D eigenvalue weighted by Gasteiger charge is 2.66. The first-order valence-electron chi connectivity index (χ1n) is 27.5. The number of hydroxylamine groups is 3. The van der Waals surface area contributed by atoms with Crippen LogP contribution in [0.3, 0.4) is 0 Å². The number of ether oxygens (including phenoxy) is 6. The van der Waals surface area contributed by atoms with E-state index in [9.17, 15) is 28.8 Å². The summed E-state index contributed by atoms with van der Waals surface area (Å²) in [6.07, 6.45) is 2.15. The van der Waals surface area contributed by atoms with Gasteiger partial charge >= 0.3 is 17.9 Å². The molecule has 0 bridgehead atoms. The third-order valence-corrected chi connectivity index (χ3v) is 15.4. The molecule has 3 aliphatic carbocycles. The lowest BCUT2D eigenvalue weighted by molar-refractivity contribution is -0.152. The number of aryl methyl sites for hydroxylation is 1. The maximum atomic E-state index is 12.5. The topological polar surface area (TPSA) is 255 Å². The summed E-state index contributed by atoms with van der Waals surface area (Å²) in [5.74, 6) is -0.492. The second-order valence-electron chi connectivity index (χ2n) is 20.9. The van der Waals surface area contributed by atoms with Crippen LogP contribution in [0, 0.1) is 40.9 Å². The van der Waals surface area contributed by atoms with E-state index >= 15 is 0 Å². The molecule has 6 N–H and O–H groups in total. The summed E-state index contributed by atoms with van der Waals surface area (Å²) in [5, 5.41) is 29.6. The molecule has 0 radical (unpaired) electrons. The van der Waals surface area contributed by atoms with Crippen LogP contribution in [0.25, 0.3) is 10.8 Å². The Hall–Kier alpha value is -8.81. The van der Waals surface area contributed by atoms with Crippen LogP contribution in [0.1, 0.15) is 62.3 Å². The van der Waals surface area contributed by atoms with Crippen molar-refractivity contribution in [2.24, 2.45) is 34.0 Å². The summed E-state index contributed by atoms with van der Waals surface area (Å²) in [5.41, 5.74) is 5.96. The maximum absolute atomic E-state index is 12.5. The van der Waals surface area contributed by atoms with Gasteiger partial charge in [0.1, 0.15) is 34.5 Å². The van der Waals surface area contributed by atoms with Crippen LogP contribution in [0.4, 0.5) is 0 Å². The molecule has 438 valence electrons. The minimum Gasteiger partial charge on any atom is -0.466 e. The van der Waals surface area contributed by atoms with Crippen molar-refractivity contribution in [2.75, 3.05) is 19.8 Å². The molecule has 0 aliphatic heterocycles. The third kappa shape index (κ3) is 14.9. The smallest absolute Gasteiger partial charge is 0.313 e. The second-order valence-corrected chi connectivity index (χ2v) is 21.3. The van der Waals surface area contributed by atoms with Crippen LogP contribution < -0.4 is 30.7 Å². The molecule has 0 unspecified atom stereocenters. The van der Waals surface area contributed by atoms with Crippen molar-refractivity contribution in [2.45, 2.75) is 66.2 Å². The number of nitrogens with one attached hydrogen (secondary N) is 3. The molecule has 10 rings (SSSR count). The molecule has 3 aliphatic rings. The van der Waals surface area contributed by atoms with Crippen LogP contribution in [0.2, 0.25) is 5.02 Å². The molecule has 0 aromatic heterocycles. The number of esters is 3. The minimum atomic E-state index is -0.929. The maximum Gasteiger partial charge on any atom is 0.313 e. The normalized spacial score (nSPS) is 20.4. The van der Waals surface area contributed by atoms with Crippen molar-refractivity contribution in [3.63, 3.8) is 0 Å². The first kappa shape index (κ1) is 61.3. The second kappa shape index (κ2) is 27.5. The van der Waals surface area contributed by atoms with Gasteiger partial charge in [-0.15, -0.1) is 0 Å². The molecule has 3 fully saturated rings. The first-order chi connectivity index (χ1) is 40.5. The van der Waals surface area contributed by atoms with Gasteiger partial charge in [0.2, 0.25) is 17.7 Å². The fraction of sp³-hybridized carbons (Fsp3) is 0.292. The van der Waals surface area contributed by atoms with E-state index in [4.69, 9.17) is 55.6 Å². The van der Waals surface area contributed by atoms with Gasteiger partial charge in [-0.1, -0.05) is 96.0 Å². The summed E-state index contributed by atoms with van der Waals surface area (Å²) >= 11 is 5.86. The van der Waals surface area contributed by atoms with Gasteiger partial charge in [0.25, 0.3) is 0 Å². The Morgan fingerprint density at radius 1 is 0.429 bits per heavy atom. The fourth-order valence-corrected chi connectivity index (χ4v) is 10.5. The lowest BCUT2D eigenvalue weighted by atomic mass is 9.93. The van der Waals surface area contributed by atoms with Crippen molar-refractivity contribution in [1.82, 2.24) is 16.4 Å². The molecule has 0 saturated heterocycles. The molecular weight excluding hydrogens is 1100 g/mol. The number of halogens is 1. The lowest BCUT2D eigenvalue weighted by Gasteiger charge is -2.16. The predicted molar refractivity (Wildman–Crippen MR) is 309 cm³/mol. The van der Waals surface area contributed by atoms with Gasteiger partial charge in [0, 0.05) is 5.02 Å². The average Bonchev–Trinajstić information content (AvgIpc) is 2.11. The number of carbonyl (C=O) groups is 6. The van der Waals surface area contributed by atoms with Crippen molar-refractivity contribution in [3.8, 4) is 34.5 Å². The Morgan fingerprint density at radius 2 is 0.726 bits per heavy atom. The highest BCUT2D eigenvalue weighted by Crippen LogP contribution is 2.58. The molecule has 18 nitrogen and oxygen atoms in total. The average molecular weight is 1160 g/mol. The zero-order valence-corrected chi connectivity index (χ0v) is 47.6. The number of rotatable bonds is 21. The lowest BCUT2D eigenvalue weighted by Crippen LogP contribution is -2.30. The fourth-order valence-electron chi connectivity index (χ4n) is 10.4. The van der Waals surface area contributed by atoms with E-state index < -0.39 is 69.6 Å². The predicted octanol–water partition coefficient (Wildman–Crippen LogP) is 11.4. The van der Waals surface area contributed by atoms with Crippen molar-refractivity contribution in [3.05, 3.63) is 191 Å². The number of fused-ring (bicyclic) bond motifs is 1. The third-order valence-electron chi connectivity index (χ3n) is 15.1. The highest BCUT2D eigenvalue weighted by atomic mass is 35.5. The van der Waals surface area contributed by atoms with Crippen LogP contribution in [0.15, 0.2) is 164 Å². The van der Waals surface area contributed by atoms with Crippen molar-refractivity contribution < 1.29 is 72.8 Å². The SMILES string of the molecule is CCOC(=O)[C@@]1(Cc2ccc(Oc3ccc(C)cc3)cc2)C[C@@H]1C(=O)NO.CCOC(=O)[C@@]1(Cc2ccc(Oc3ccc(Cl)cc3)cc2)C[C@@H]1C(=O)NO.CCOC(=O)[C@@]1(Cc2ccc(Oc3ccc4ccccc4c3)cc2)C[C@@H]1C(=O)NO. The quantitative estimate of drug-likeness (QED) is 0.0169. The zero-order chi connectivity index (χ0) is 60.0. The van der Waals surface area contributed by atoms with E-state index in [1.807, 2.05) is 128 Å². The summed E-state index contributed by atoms with van der Waals surface area (Å²) in [6, 6.07) is 50.9. The molecule has 7 aromatic rings. The van der Waals surface area contributed by atoms with Crippen LogP contribution >= 0.6 is 11.6 Å². The Balaban J connectivity index is 0.000000165. The van der Waals surface area contributed by atoms with Crippen molar-refractivity contribution >= 4 is 58.0 Å². The van der Waals surface area contributed by atoms with Crippen molar-refractivity contribution in [1.29, 1.82) is 0 Å². The largest absolute Gasteiger partial charge is 0.466 e. The van der Waals surface area contributed by atoms with Crippen LogP contribution in [-0.2, 0) is 62.2 Å². The number of hydrogen-bond acceptors (Lipinski definition) is 15. The molecule has 6 atom stereocenters. The highest BCUT2D eigenvalue weighted by molar-refractivity contribution is 6.30. The molecule has 0 spiro atoms. The summed E-state index contributed by atoms with van der Waals surface area (Å²) in [7, 11) is 0. The van der Waals surface area contributed by atoms with Gasteiger partial charge in [-0.3, -0.25) is 44.4 Å². The Bertz CT molecular complexity index is 3300. The standard InChI is InChI=1S/C24H23NO5.C21H23NO5.C20H20ClNO5/c1-2-29-23(27)24(15-21(24)22(26)25-28)14-16-7-10-19(11-8-16)30-20-12-9-17-5-3-4-6-18(17)13-20;1-3-26-20(24)21(13-18(21)19(23)22-25)12-15-6-10-17(11-7-15)27-16-8-4-14(2)5-9-16;1-2-26-19(24)20(12-17(20)18(23)22-25)11-13-3-7-15(8-4-13)27-16-9-5-14(21)6-10-16/h3-13,21,28H,2,14-15H2,1H3,(H,25,26);4-11,18,25H,3,12-13H2,1-2H3,(H,22,23);3-10,17,25H,2,11-12H2,1H3,(H,22,23)/t21-,24+;18-,21+;17-,20+/m111/s1. The van der Waals surface area contributed by atoms with Gasteiger partial charge in [0.15, 0.2) is 0 Å². The zero-order valence-electron chi connectivity index (χ0n) is 46.8. The summed E-state index contributed by atoms with van der Waals surface area (Å²) < 4.78 is 33.0. The molecule has 7 aromatic carbocycles. The Kier molecular flexibility index (Phi) is 20.1. The molecule has 84 heavy (non-hydrogen) atoms. The number of amides is 3. The van der Waals surface area contributed by atoms with Gasteiger partial charge in [-0.2, -0.15) is 0 Å². The van der Waals surface area contributed by atoms with Gasteiger partial charge in [-0.25, -0.2) is 16.4 Å². The molecule has 3 saturated carbocycles. The Labute approximate surface area is 490 Å². The van der Waals surface area contributed by atoms with E-state index in [1.54, 1.807) is 73.6 Å². The summed E-state index contributed by atoms with van der Waals surface area (Å²) in [4.78, 5) is 72.6. The van der Waals surface area contributed by atoms with E-state index in [2.05, 4.69) is 6.07 Å². The summed E-state index contributed by atoms with van der Waals surface area (Å²) in [6.45, 7) is 7.92. The number of hydrogen-bond donors (Lipinski definition) is 6. The van der Waals surface area contributed by atoms with E-state index in [-0.39, 0.29) is 19.8 Å². The van der Waals surface area contributed by atoms with E-state index in [0.717, 1.165) is 44.5 Å². The number of carbonyl (C=O) groups excluding carboxylic acids is 6. The molecule has 3 amide bonds. The minimum absolute atomic E-state index is 0.238.